The molecule has 3 rings (SSSR count). The second-order valence-electron chi connectivity index (χ2n) is 6.32. The van der Waals surface area contributed by atoms with Crippen LogP contribution in [-0.2, 0) is 19.6 Å². The highest BCUT2D eigenvalue weighted by atomic mass is 79.9. The summed E-state index contributed by atoms with van der Waals surface area (Å²) >= 11 is 3.45. The van der Waals surface area contributed by atoms with Crippen molar-refractivity contribution in [2.45, 2.75) is 40.4 Å². The summed E-state index contributed by atoms with van der Waals surface area (Å²) in [4.78, 5) is 17.1. The van der Waals surface area contributed by atoms with Gasteiger partial charge < -0.3 is 4.90 Å². The summed E-state index contributed by atoms with van der Waals surface area (Å²) < 4.78 is 4.50. The predicted molar refractivity (Wildman–Crippen MR) is 99.4 cm³/mol. The van der Waals surface area contributed by atoms with E-state index in [1.54, 1.807) is 10.9 Å². The number of hydrogen-bond donors (Lipinski definition) is 0. The van der Waals surface area contributed by atoms with E-state index in [0.717, 1.165) is 49.4 Å². The minimum atomic E-state index is 0.0564. The second-order valence-corrected chi connectivity index (χ2v) is 7.18. The number of aromatic nitrogens is 4. The van der Waals surface area contributed by atoms with Gasteiger partial charge in [0.1, 0.15) is 5.69 Å². The van der Waals surface area contributed by atoms with Crippen LogP contribution in [0.3, 0.4) is 0 Å². The summed E-state index contributed by atoms with van der Waals surface area (Å²) in [6.45, 7) is 11.8. The van der Waals surface area contributed by atoms with Crippen molar-refractivity contribution in [3.8, 4) is 0 Å². The predicted octanol–water partition coefficient (Wildman–Crippen LogP) is 2.15. The average molecular weight is 409 g/mol. The number of amides is 1. The van der Waals surface area contributed by atoms with Crippen molar-refractivity contribution in [1.29, 1.82) is 0 Å². The molecule has 0 radical (unpaired) electrons. The molecule has 1 aliphatic heterocycles. The van der Waals surface area contributed by atoms with Crippen LogP contribution >= 0.6 is 15.9 Å². The molecule has 3 heterocycles. The van der Waals surface area contributed by atoms with E-state index < -0.39 is 0 Å². The lowest BCUT2D eigenvalue weighted by Crippen LogP contribution is -2.48. The Morgan fingerprint density at radius 1 is 1.20 bits per heavy atom. The fraction of sp³-hybridized carbons (Fsp3) is 0.588. The van der Waals surface area contributed by atoms with Gasteiger partial charge in [-0.05, 0) is 36.7 Å². The normalized spacial score (nSPS) is 15.8. The Morgan fingerprint density at radius 2 is 1.92 bits per heavy atom. The zero-order chi connectivity index (χ0) is 18.0. The van der Waals surface area contributed by atoms with Crippen molar-refractivity contribution in [1.82, 2.24) is 29.4 Å². The van der Waals surface area contributed by atoms with E-state index in [9.17, 15) is 4.79 Å². The van der Waals surface area contributed by atoms with Gasteiger partial charge in [-0.15, -0.1) is 0 Å². The third kappa shape index (κ3) is 3.79. The number of aryl methyl sites for hydroxylation is 3. The Balaban J connectivity index is 1.60. The molecule has 25 heavy (non-hydrogen) atoms. The number of nitrogens with zero attached hydrogens (tertiary/aromatic N) is 6. The molecular formula is C17H25BrN6O. The van der Waals surface area contributed by atoms with Gasteiger partial charge in [-0.25, -0.2) is 0 Å². The molecule has 136 valence electrons. The third-order valence-corrected chi connectivity index (χ3v) is 5.30. The van der Waals surface area contributed by atoms with Crippen molar-refractivity contribution in [3.05, 3.63) is 33.8 Å². The lowest BCUT2D eigenvalue weighted by molar-refractivity contribution is 0.0615. The first-order valence-corrected chi connectivity index (χ1v) is 9.58. The first-order chi connectivity index (χ1) is 12.0. The van der Waals surface area contributed by atoms with E-state index in [4.69, 9.17) is 0 Å². The Morgan fingerprint density at radius 3 is 2.52 bits per heavy atom. The number of carbonyl (C=O) groups excluding carboxylic acids is 1. The maximum atomic E-state index is 12.8. The van der Waals surface area contributed by atoms with E-state index in [0.29, 0.717) is 12.2 Å². The Kier molecular flexibility index (Phi) is 5.58. The SMILES string of the molecule is CCn1cc(CN2CCN(C(=O)c3c(Br)cnn3CC)CC2)c(C)n1. The Hall–Kier alpha value is -1.67. The fourth-order valence-electron chi connectivity index (χ4n) is 3.19. The lowest BCUT2D eigenvalue weighted by Gasteiger charge is -2.34. The molecule has 0 aromatic carbocycles. The quantitative estimate of drug-likeness (QED) is 0.760. The molecule has 0 aliphatic carbocycles. The molecule has 0 saturated carbocycles. The summed E-state index contributed by atoms with van der Waals surface area (Å²) in [5.41, 5.74) is 3.01. The topological polar surface area (TPSA) is 59.2 Å². The second kappa shape index (κ2) is 7.70. The number of halogens is 1. The third-order valence-electron chi connectivity index (χ3n) is 4.72. The average Bonchev–Trinajstić information content (AvgIpc) is 3.17. The number of carbonyl (C=O) groups is 1. The standard InChI is InChI=1S/C17H25BrN6O/c1-4-23-12-14(13(3)20-23)11-21-6-8-22(9-7-21)17(25)16-15(18)10-19-24(16)5-2/h10,12H,4-9,11H2,1-3H3. The summed E-state index contributed by atoms with van der Waals surface area (Å²) in [6, 6.07) is 0. The minimum absolute atomic E-state index is 0.0564. The summed E-state index contributed by atoms with van der Waals surface area (Å²) in [6.07, 6.45) is 3.82. The minimum Gasteiger partial charge on any atom is -0.335 e. The largest absolute Gasteiger partial charge is 0.335 e. The molecule has 0 N–H and O–H groups in total. The van der Waals surface area contributed by atoms with E-state index in [1.807, 2.05) is 16.5 Å². The van der Waals surface area contributed by atoms with Crippen LogP contribution in [0.4, 0.5) is 0 Å². The Bertz CT molecular complexity index is 744. The number of hydrogen-bond acceptors (Lipinski definition) is 4. The molecule has 1 amide bonds. The fourth-order valence-corrected chi connectivity index (χ4v) is 3.66. The van der Waals surface area contributed by atoms with Crippen LogP contribution in [0.2, 0.25) is 0 Å². The summed E-state index contributed by atoms with van der Waals surface area (Å²) in [5, 5.41) is 8.75. The van der Waals surface area contributed by atoms with Crippen molar-refractivity contribution in [2.24, 2.45) is 0 Å². The number of rotatable bonds is 5. The van der Waals surface area contributed by atoms with Gasteiger partial charge in [-0.2, -0.15) is 10.2 Å². The Labute approximate surface area is 156 Å². The van der Waals surface area contributed by atoms with Gasteiger partial charge in [-0.1, -0.05) is 0 Å². The van der Waals surface area contributed by atoms with Crippen LogP contribution in [-0.4, -0.2) is 61.4 Å². The van der Waals surface area contributed by atoms with Crippen LogP contribution in [0, 0.1) is 6.92 Å². The van der Waals surface area contributed by atoms with Crippen molar-refractivity contribution in [3.63, 3.8) is 0 Å². The van der Waals surface area contributed by atoms with Gasteiger partial charge in [0, 0.05) is 57.6 Å². The van der Waals surface area contributed by atoms with Crippen molar-refractivity contribution in [2.75, 3.05) is 26.2 Å². The molecule has 0 spiro atoms. The monoisotopic (exact) mass is 408 g/mol. The van der Waals surface area contributed by atoms with Gasteiger partial charge in [0.2, 0.25) is 0 Å². The van der Waals surface area contributed by atoms with Crippen LogP contribution < -0.4 is 0 Å². The van der Waals surface area contributed by atoms with E-state index >= 15 is 0 Å². The molecule has 0 atom stereocenters. The van der Waals surface area contributed by atoms with Gasteiger partial charge in [-0.3, -0.25) is 19.1 Å². The van der Waals surface area contributed by atoms with Gasteiger partial charge in [0.25, 0.3) is 5.91 Å². The van der Waals surface area contributed by atoms with Gasteiger partial charge >= 0.3 is 0 Å². The molecular weight excluding hydrogens is 384 g/mol. The zero-order valence-electron chi connectivity index (χ0n) is 15.1. The molecule has 1 saturated heterocycles. The van der Waals surface area contributed by atoms with Crippen LogP contribution in [0.15, 0.2) is 16.9 Å². The first kappa shape index (κ1) is 18.1. The number of piperazine rings is 1. The van der Waals surface area contributed by atoms with Crippen molar-refractivity contribution < 1.29 is 4.79 Å². The van der Waals surface area contributed by atoms with E-state index in [-0.39, 0.29) is 5.91 Å². The molecule has 8 heteroatoms. The lowest BCUT2D eigenvalue weighted by atomic mass is 10.2. The smallest absolute Gasteiger partial charge is 0.273 e. The summed E-state index contributed by atoms with van der Waals surface area (Å²) in [7, 11) is 0. The highest BCUT2D eigenvalue weighted by molar-refractivity contribution is 9.10. The molecule has 7 nitrogen and oxygen atoms in total. The molecule has 1 fully saturated rings. The zero-order valence-corrected chi connectivity index (χ0v) is 16.7. The summed E-state index contributed by atoms with van der Waals surface area (Å²) in [5.74, 6) is 0.0564. The first-order valence-electron chi connectivity index (χ1n) is 8.79. The highest BCUT2D eigenvalue weighted by Crippen LogP contribution is 2.19. The maximum absolute atomic E-state index is 12.8. The van der Waals surface area contributed by atoms with Crippen LogP contribution in [0.1, 0.15) is 35.6 Å². The molecule has 2 aromatic heterocycles. The van der Waals surface area contributed by atoms with E-state index in [1.165, 1.54) is 5.56 Å². The van der Waals surface area contributed by atoms with Crippen LogP contribution in [0.5, 0.6) is 0 Å². The van der Waals surface area contributed by atoms with Crippen molar-refractivity contribution >= 4 is 21.8 Å². The van der Waals surface area contributed by atoms with Gasteiger partial charge in [0.15, 0.2) is 0 Å². The molecule has 0 unspecified atom stereocenters. The van der Waals surface area contributed by atoms with Crippen LogP contribution in [0.25, 0.3) is 0 Å². The highest BCUT2D eigenvalue weighted by Gasteiger charge is 2.26. The molecule has 2 aromatic rings. The molecule has 0 bridgehead atoms. The van der Waals surface area contributed by atoms with E-state index in [2.05, 4.69) is 51.1 Å². The van der Waals surface area contributed by atoms with Gasteiger partial charge in [0.05, 0.1) is 16.4 Å². The molecule has 1 aliphatic rings. The maximum Gasteiger partial charge on any atom is 0.273 e.